The lowest BCUT2D eigenvalue weighted by molar-refractivity contribution is -0.119. The molecule has 1 rings (SSSR count). The number of ether oxygens (including phenoxy) is 1. The molecule has 0 saturated heterocycles. The predicted octanol–water partition coefficient (Wildman–Crippen LogP) is 3.19. The van der Waals surface area contributed by atoms with Gasteiger partial charge < -0.3 is 10.1 Å². The summed E-state index contributed by atoms with van der Waals surface area (Å²) in [7, 11) is 1.57. The van der Waals surface area contributed by atoms with Crippen LogP contribution in [0.25, 0.3) is 0 Å². The van der Waals surface area contributed by atoms with Crippen LogP contribution in [-0.2, 0) is 4.79 Å². The van der Waals surface area contributed by atoms with Crippen LogP contribution in [0, 0.1) is 23.2 Å². The summed E-state index contributed by atoms with van der Waals surface area (Å²) in [5, 5.41) is 11.7. The summed E-state index contributed by atoms with van der Waals surface area (Å²) < 4.78 is 5.85. The first-order chi connectivity index (χ1) is 8.49. The van der Waals surface area contributed by atoms with Crippen LogP contribution in [0.1, 0.15) is 13.8 Å². The van der Waals surface area contributed by atoms with E-state index >= 15 is 0 Å². The SMILES string of the molecule is COc1ccc(NC(=O)C(C#N)C(C)C)cc1Br. The van der Waals surface area contributed by atoms with Crippen LogP contribution in [0.15, 0.2) is 22.7 Å². The highest BCUT2D eigenvalue weighted by Gasteiger charge is 2.21. The minimum Gasteiger partial charge on any atom is -0.496 e. The molecule has 1 unspecified atom stereocenters. The summed E-state index contributed by atoms with van der Waals surface area (Å²) in [6.45, 7) is 3.69. The van der Waals surface area contributed by atoms with Gasteiger partial charge in [0.15, 0.2) is 0 Å². The van der Waals surface area contributed by atoms with E-state index in [0.29, 0.717) is 11.4 Å². The van der Waals surface area contributed by atoms with Gasteiger partial charge in [0.25, 0.3) is 0 Å². The Morgan fingerprint density at radius 1 is 1.50 bits per heavy atom. The molecule has 0 heterocycles. The Morgan fingerprint density at radius 2 is 2.17 bits per heavy atom. The lowest BCUT2D eigenvalue weighted by Crippen LogP contribution is -2.25. The molecule has 0 fully saturated rings. The minimum atomic E-state index is -0.647. The third-order valence-electron chi connectivity index (χ3n) is 2.51. The highest BCUT2D eigenvalue weighted by Crippen LogP contribution is 2.28. The first kappa shape index (κ1) is 14.5. The maximum absolute atomic E-state index is 11.9. The van der Waals surface area contributed by atoms with Crippen LogP contribution in [0.5, 0.6) is 5.75 Å². The second kappa shape index (κ2) is 6.41. The van der Waals surface area contributed by atoms with Crippen molar-refractivity contribution < 1.29 is 9.53 Å². The van der Waals surface area contributed by atoms with Gasteiger partial charge in [0.05, 0.1) is 17.7 Å². The summed E-state index contributed by atoms with van der Waals surface area (Å²) >= 11 is 3.34. The van der Waals surface area contributed by atoms with E-state index in [1.165, 1.54) is 0 Å². The van der Waals surface area contributed by atoms with Crippen molar-refractivity contribution in [2.45, 2.75) is 13.8 Å². The normalized spacial score (nSPS) is 11.8. The fourth-order valence-corrected chi connectivity index (χ4v) is 2.02. The Labute approximate surface area is 115 Å². The van der Waals surface area contributed by atoms with Crippen LogP contribution in [0.4, 0.5) is 5.69 Å². The monoisotopic (exact) mass is 310 g/mol. The van der Waals surface area contributed by atoms with Crippen LogP contribution < -0.4 is 10.1 Å². The Morgan fingerprint density at radius 3 is 2.61 bits per heavy atom. The van der Waals surface area contributed by atoms with E-state index in [1.54, 1.807) is 25.3 Å². The molecule has 0 spiro atoms. The number of halogens is 1. The average Bonchev–Trinajstić information content (AvgIpc) is 2.29. The maximum Gasteiger partial charge on any atom is 0.241 e. The second-order valence-electron chi connectivity index (χ2n) is 4.19. The largest absolute Gasteiger partial charge is 0.496 e. The van der Waals surface area contributed by atoms with Crippen LogP contribution in [0.2, 0.25) is 0 Å². The number of nitrogens with one attached hydrogen (secondary N) is 1. The molecular formula is C13H15BrN2O2. The van der Waals surface area contributed by atoms with E-state index in [0.717, 1.165) is 4.47 Å². The van der Waals surface area contributed by atoms with Gasteiger partial charge in [-0.25, -0.2) is 0 Å². The van der Waals surface area contributed by atoms with Crippen molar-refractivity contribution >= 4 is 27.5 Å². The van der Waals surface area contributed by atoms with E-state index < -0.39 is 5.92 Å². The van der Waals surface area contributed by atoms with Crippen molar-refractivity contribution in [2.24, 2.45) is 11.8 Å². The van der Waals surface area contributed by atoms with Gasteiger partial charge in [-0.1, -0.05) is 13.8 Å². The first-order valence-electron chi connectivity index (χ1n) is 5.53. The van der Waals surface area contributed by atoms with Crippen LogP contribution in [0.3, 0.4) is 0 Å². The molecular weight excluding hydrogens is 296 g/mol. The van der Waals surface area contributed by atoms with E-state index in [4.69, 9.17) is 10.00 Å². The van der Waals surface area contributed by atoms with E-state index in [1.807, 2.05) is 19.9 Å². The lowest BCUT2D eigenvalue weighted by Gasteiger charge is -2.13. The molecule has 0 aromatic heterocycles. The first-order valence-corrected chi connectivity index (χ1v) is 6.33. The average molecular weight is 311 g/mol. The molecule has 1 aromatic rings. The topological polar surface area (TPSA) is 62.1 Å². The van der Waals surface area contributed by atoms with Crippen molar-refractivity contribution in [3.05, 3.63) is 22.7 Å². The number of hydrogen-bond donors (Lipinski definition) is 1. The van der Waals surface area contributed by atoms with Gasteiger partial charge in [0.2, 0.25) is 5.91 Å². The van der Waals surface area contributed by atoms with Crippen LogP contribution in [-0.4, -0.2) is 13.0 Å². The van der Waals surface area contributed by atoms with Crippen LogP contribution >= 0.6 is 15.9 Å². The van der Waals surface area contributed by atoms with E-state index in [-0.39, 0.29) is 11.8 Å². The number of nitrogens with zero attached hydrogens (tertiary/aromatic N) is 1. The van der Waals surface area contributed by atoms with Crippen molar-refractivity contribution in [3.8, 4) is 11.8 Å². The summed E-state index contributed by atoms with van der Waals surface area (Å²) in [6, 6.07) is 7.23. The fraction of sp³-hybridized carbons (Fsp3) is 0.385. The van der Waals surface area contributed by atoms with Crippen molar-refractivity contribution in [2.75, 3.05) is 12.4 Å². The number of carbonyl (C=O) groups is 1. The van der Waals surface area contributed by atoms with Gasteiger partial charge in [-0.15, -0.1) is 0 Å². The fourth-order valence-electron chi connectivity index (χ4n) is 1.47. The van der Waals surface area contributed by atoms with Crippen molar-refractivity contribution in [1.82, 2.24) is 0 Å². The zero-order chi connectivity index (χ0) is 13.7. The molecule has 96 valence electrons. The quantitative estimate of drug-likeness (QED) is 0.929. The molecule has 0 bridgehead atoms. The Balaban J connectivity index is 2.83. The van der Waals surface area contributed by atoms with E-state index in [9.17, 15) is 4.79 Å². The molecule has 1 atom stereocenters. The Hall–Kier alpha value is -1.54. The zero-order valence-corrected chi connectivity index (χ0v) is 12.1. The number of carbonyl (C=O) groups excluding carboxylic acids is 1. The number of methoxy groups -OCH3 is 1. The van der Waals surface area contributed by atoms with E-state index in [2.05, 4.69) is 21.2 Å². The molecule has 1 N–H and O–H groups in total. The highest BCUT2D eigenvalue weighted by molar-refractivity contribution is 9.10. The third kappa shape index (κ3) is 3.47. The third-order valence-corrected chi connectivity index (χ3v) is 3.13. The summed E-state index contributed by atoms with van der Waals surface area (Å²) in [5.41, 5.74) is 0.633. The summed E-state index contributed by atoms with van der Waals surface area (Å²) in [5.74, 6) is -0.263. The molecule has 5 heteroatoms. The summed E-state index contributed by atoms with van der Waals surface area (Å²) in [6.07, 6.45) is 0. The van der Waals surface area contributed by atoms with Gasteiger partial charge in [0, 0.05) is 5.69 Å². The second-order valence-corrected chi connectivity index (χ2v) is 5.04. The standard InChI is InChI=1S/C13H15BrN2O2/c1-8(2)10(7-15)13(17)16-9-4-5-12(18-3)11(14)6-9/h4-6,8,10H,1-3H3,(H,16,17). The Kier molecular flexibility index (Phi) is 5.17. The number of anilines is 1. The molecule has 0 aliphatic carbocycles. The molecule has 0 saturated carbocycles. The lowest BCUT2D eigenvalue weighted by atomic mass is 9.96. The molecule has 0 aliphatic rings. The van der Waals surface area contributed by atoms with Crippen molar-refractivity contribution in [3.63, 3.8) is 0 Å². The molecule has 4 nitrogen and oxygen atoms in total. The number of rotatable bonds is 4. The number of amides is 1. The van der Waals surface area contributed by atoms with Gasteiger partial charge in [0.1, 0.15) is 11.7 Å². The van der Waals surface area contributed by atoms with Crippen molar-refractivity contribution in [1.29, 1.82) is 5.26 Å². The molecule has 0 aliphatic heterocycles. The highest BCUT2D eigenvalue weighted by atomic mass is 79.9. The maximum atomic E-state index is 11.9. The number of hydrogen-bond acceptors (Lipinski definition) is 3. The Bertz CT molecular complexity index is 480. The smallest absolute Gasteiger partial charge is 0.241 e. The predicted molar refractivity (Wildman–Crippen MR) is 73.3 cm³/mol. The number of nitriles is 1. The molecule has 0 radical (unpaired) electrons. The minimum absolute atomic E-state index is 0.0170. The molecule has 1 aromatic carbocycles. The molecule has 18 heavy (non-hydrogen) atoms. The van der Waals surface area contributed by atoms with Gasteiger partial charge in [-0.3, -0.25) is 4.79 Å². The van der Waals surface area contributed by atoms with Gasteiger partial charge >= 0.3 is 0 Å². The molecule has 1 amide bonds. The summed E-state index contributed by atoms with van der Waals surface area (Å²) in [4.78, 5) is 11.9. The van der Waals surface area contributed by atoms with Gasteiger partial charge in [-0.2, -0.15) is 5.26 Å². The zero-order valence-electron chi connectivity index (χ0n) is 10.5. The van der Waals surface area contributed by atoms with Gasteiger partial charge in [-0.05, 0) is 40.0 Å². The number of benzene rings is 1.